The number of nitrogens with one attached hydrogen (secondary N) is 2. The van der Waals surface area contributed by atoms with Crippen molar-refractivity contribution in [3.8, 4) is 5.75 Å². The Kier molecular flexibility index (Phi) is 5.92. The zero-order valence-corrected chi connectivity index (χ0v) is 14.8. The van der Waals surface area contributed by atoms with E-state index < -0.39 is 18.0 Å². The molecule has 2 saturated heterocycles. The number of anilines is 1. The summed E-state index contributed by atoms with van der Waals surface area (Å²) in [6.45, 7) is 4.30. The molecule has 0 aliphatic carbocycles. The normalized spacial score (nSPS) is 20.8. The van der Waals surface area contributed by atoms with E-state index in [9.17, 15) is 14.0 Å². The highest BCUT2D eigenvalue weighted by molar-refractivity contribution is 5.89. The van der Waals surface area contributed by atoms with Crippen LogP contribution < -0.4 is 20.3 Å². The number of hydrogen-bond acceptors (Lipinski definition) is 5. The lowest BCUT2D eigenvalue weighted by Crippen LogP contribution is -2.33. The fraction of sp³-hybridized carbons (Fsp3) is 0.556. The Morgan fingerprint density at radius 1 is 1.42 bits per heavy atom. The summed E-state index contributed by atoms with van der Waals surface area (Å²) < 4.78 is 25.2. The molecule has 0 unspecified atom stereocenters. The summed E-state index contributed by atoms with van der Waals surface area (Å²) in [7, 11) is 0. The molecule has 1 aromatic carbocycles. The highest BCUT2D eigenvalue weighted by Crippen LogP contribution is 2.27. The molecule has 0 spiro atoms. The van der Waals surface area contributed by atoms with Crippen LogP contribution in [-0.2, 0) is 9.53 Å². The number of piperidine rings is 1. The van der Waals surface area contributed by atoms with E-state index in [4.69, 9.17) is 9.47 Å². The fourth-order valence-electron chi connectivity index (χ4n) is 3.13. The third kappa shape index (κ3) is 4.63. The minimum Gasteiger partial charge on any atom is -0.490 e. The maximum absolute atomic E-state index is 14.4. The number of ether oxygens (including phenoxy) is 2. The average molecular weight is 365 g/mol. The van der Waals surface area contributed by atoms with Crippen LogP contribution >= 0.6 is 0 Å². The fourth-order valence-corrected chi connectivity index (χ4v) is 3.13. The molecule has 2 amide bonds. The van der Waals surface area contributed by atoms with E-state index in [1.54, 1.807) is 12.1 Å². The molecule has 8 heteroatoms. The van der Waals surface area contributed by atoms with Crippen LogP contribution in [-0.4, -0.2) is 50.9 Å². The molecule has 26 heavy (non-hydrogen) atoms. The molecule has 0 saturated carbocycles. The number of nitrogens with zero attached hydrogens (tertiary/aromatic N) is 1. The van der Waals surface area contributed by atoms with E-state index in [-0.39, 0.29) is 24.7 Å². The van der Waals surface area contributed by atoms with Gasteiger partial charge < -0.3 is 20.1 Å². The second-order valence-electron chi connectivity index (χ2n) is 6.67. The molecule has 1 aromatic rings. The Labute approximate surface area is 151 Å². The Morgan fingerprint density at radius 2 is 2.19 bits per heavy atom. The molecule has 3 rings (SSSR count). The molecule has 0 aromatic heterocycles. The maximum Gasteiger partial charge on any atom is 0.414 e. The molecule has 2 aliphatic rings. The van der Waals surface area contributed by atoms with Gasteiger partial charge in [0.1, 0.15) is 6.10 Å². The summed E-state index contributed by atoms with van der Waals surface area (Å²) in [6.07, 6.45) is 1.04. The first kappa shape index (κ1) is 18.4. The van der Waals surface area contributed by atoms with Crippen LogP contribution in [0.4, 0.5) is 14.9 Å². The minimum atomic E-state index is -0.553. The summed E-state index contributed by atoms with van der Waals surface area (Å²) in [5.41, 5.74) is 0.409. The van der Waals surface area contributed by atoms with Crippen LogP contribution in [0.15, 0.2) is 18.2 Å². The molecule has 2 N–H and O–H groups in total. The zero-order valence-electron chi connectivity index (χ0n) is 14.8. The molecule has 2 aliphatic heterocycles. The van der Waals surface area contributed by atoms with Crippen molar-refractivity contribution in [1.82, 2.24) is 10.6 Å². The molecular weight excluding hydrogens is 341 g/mol. The van der Waals surface area contributed by atoms with E-state index in [1.807, 2.05) is 0 Å². The van der Waals surface area contributed by atoms with Crippen molar-refractivity contribution in [2.24, 2.45) is 5.92 Å². The summed E-state index contributed by atoms with van der Waals surface area (Å²) in [5, 5.41) is 5.89. The van der Waals surface area contributed by atoms with Gasteiger partial charge in [-0.3, -0.25) is 9.69 Å². The Balaban J connectivity index is 1.58. The standard InChI is InChI=1S/C18H24FN3O4/c1-12(23)21-9-15-10-22(18(24)26-15)14-2-3-17(16(19)8-14)25-11-13-4-6-20-7-5-13/h2-3,8,13,15,20H,4-7,9-11H2,1H3,(H,21,23)/t15-/m0/s1. The van der Waals surface area contributed by atoms with Crippen LogP contribution in [0.5, 0.6) is 5.75 Å². The van der Waals surface area contributed by atoms with Crippen LogP contribution in [0.3, 0.4) is 0 Å². The van der Waals surface area contributed by atoms with Gasteiger partial charge >= 0.3 is 6.09 Å². The second-order valence-corrected chi connectivity index (χ2v) is 6.67. The molecule has 2 fully saturated rings. The maximum atomic E-state index is 14.4. The number of hydrogen-bond donors (Lipinski definition) is 2. The van der Waals surface area contributed by atoms with Gasteiger partial charge in [0, 0.05) is 13.0 Å². The van der Waals surface area contributed by atoms with E-state index in [2.05, 4.69) is 10.6 Å². The molecule has 0 radical (unpaired) electrons. The zero-order chi connectivity index (χ0) is 18.5. The van der Waals surface area contributed by atoms with Crippen molar-refractivity contribution < 1.29 is 23.5 Å². The Morgan fingerprint density at radius 3 is 2.88 bits per heavy atom. The third-order valence-corrected chi connectivity index (χ3v) is 4.61. The number of amides is 2. The summed E-state index contributed by atoms with van der Waals surface area (Å²) in [5.74, 6) is -0.0802. The van der Waals surface area contributed by atoms with Gasteiger partial charge in [-0.05, 0) is 44.0 Å². The quantitative estimate of drug-likeness (QED) is 0.802. The molecule has 2 heterocycles. The van der Waals surface area contributed by atoms with Gasteiger partial charge in [-0.25, -0.2) is 9.18 Å². The van der Waals surface area contributed by atoms with Crippen molar-refractivity contribution in [2.75, 3.05) is 37.7 Å². The van der Waals surface area contributed by atoms with Crippen molar-refractivity contribution in [1.29, 1.82) is 0 Å². The Bertz CT molecular complexity index is 664. The SMILES string of the molecule is CC(=O)NC[C@H]1CN(c2ccc(OCC3CCNCC3)c(F)c2)C(=O)O1. The van der Waals surface area contributed by atoms with Gasteiger partial charge in [0.25, 0.3) is 0 Å². The van der Waals surface area contributed by atoms with Crippen LogP contribution in [0.1, 0.15) is 19.8 Å². The van der Waals surface area contributed by atoms with Crippen molar-refractivity contribution in [3.05, 3.63) is 24.0 Å². The van der Waals surface area contributed by atoms with Crippen molar-refractivity contribution in [2.45, 2.75) is 25.9 Å². The van der Waals surface area contributed by atoms with Gasteiger partial charge in [-0.15, -0.1) is 0 Å². The van der Waals surface area contributed by atoms with Gasteiger partial charge in [0.2, 0.25) is 5.91 Å². The third-order valence-electron chi connectivity index (χ3n) is 4.61. The first-order chi connectivity index (χ1) is 12.5. The highest BCUT2D eigenvalue weighted by Gasteiger charge is 2.32. The number of halogens is 1. The Hall–Kier alpha value is -2.35. The van der Waals surface area contributed by atoms with Crippen LogP contribution in [0.2, 0.25) is 0 Å². The van der Waals surface area contributed by atoms with Gasteiger partial charge in [-0.1, -0.05) is 0 Å². The average Bonchev–Trinajstić information content (AvgIpc) is 3.00. The highest BCUT2D eigenvalue weighted by atomic mass is 19.1. The van der Waals surface area contributed by atoms with Crippen LogP contribution in [0, 0.1) is 11.7 Å². The van der Waals surface area contributed by atoms with E-state index in [0.29, 0.717) is 18.2 Å². The van der Waals surface area contributed by atoms with Crippen molar-refractivity contribution in [3.63, 3.8) is 0 Å². The predicted octanol–water partition coefficient (Wildman–Crippen LogP) is 1.67. The number of rotatable bonds is 6. The molecule has 142 valence electrons. The lowest BCUT2D eigenvalue weighted by Gasteiger charge is -2.23. The van der Waals surface area contributed by atoms with E-state index >= 15 is 0 Å². The van der Waals surface area contributed by atoms with Crippen molar-refractivity contribution >= 4 is 17.7 Å². The molecule has 0 bridgehead atoms. The summed E-state index contributed by atoms with van der Waals surface area (Å²) >= 11 is 0. The number of benzene rings is 1. The van der Waals surface area contributed by atoms with Gasteiger partial charge in [0.05, 0.1) is 25.4 Å². The minimum absolute atomic E-state index is 0.189. The number of carbonyl (C=O) groups is 2. The summed E-state index contributed by atoms with van der Waals surface area (Å²) in [6, 6.07) is 4.46. The van der Waals surface area contributed by atoms with Gasteiger partial charge in [-0.2, -0.15) is 0 Å². The topological polar surface area (TPSA) is 79.9 Å². The molecular formula is C18H24FN3O4. The molecule has 7 nitrogen and oxygen atoms in total. The monoisotopic (exact) mass is 365 g/mol. The lowest BCUT2D eigenvalue weighted by molar-refractivity contribution is -0.119. The lowest BCUT2D eigenvalue weighted by atomic mass is 9.99. The van der Waals surface area contributed by atoms with Crippen LogP contribution in [0.25, 0.3) is 0 Å². The smallest absolute Gasteiger partial charge is 0.414 e. The largest absolute Gasteiger partial charge is 0.490 e. The van der Waals surface area contributed by atoms with E-state index in [1.165, 1.54) is 17.9 Å². The molecule has 1 atom stereocenters. The first-order valence-electron chi connectivity index (χ1n) is 8.88. The number of cyclic esters (lactones) is 1. The second kappa shape index (κ2) is 8.35. The predicted molar refractivity (Wildman–Crippen MR) is 93.8 cm³/mol. The van der Waals surface area contributed by atoms with Gasteiger partial charge in [0.15, 0.2) is 11.6 Å². The summed E-state index contributed by atoms with van der Waals surface area (Å²) in [4.78, 5) is 24.3. The number of carbonyl (C=O) groups excluding carboxylic acids is 2. The first-order valence-corrected chi connectivity index (χ1v) is 8.88. The van der Waals surface area contributed by atoms with E-state index in [0.717, 1.165) is 25.9 Å².